The predicted molar refractivity (Wildman–Crippen MR) is 98.7 cm³/mol. The highest BCUT2D eigenvalue weighted by atomic mass is 35.5. The van der Waals surface area contributed by atoms with Gasteiger partial charge in [-0.15, -0.1) is 11.3 Å². The second-order valence-electron chi connectivity index (χ2n) is 5.77. The molecule has 0 radical (unpaired) electrons. The molecular formula is C18H14ClN3O2S. The molecule has 1 aromatic carbocycles. The van der Waals surface area contributed by atoms with E-state index >= 15 is 0 Å². The van der Waals surface area contributed by atoms with E-state index < -0.39 is 0 Å². The molecule has 3 aromatic rings. The number of carbonyl (C=O) groups is 1. The Morgan fingerprint density at radius 2 is 2.08 bits per heavy atom. The van der Waals surface area contributed by atoms with Gasteiger partial charge in [-0.25, -0.2) is 0 Å². The van der Waals surface area contributed by atoms with Crippen LogP contribution in [0.5, 0.6) is 0 Å². The minimum Gasteiger partial charge on any atom is -0.333 e. The number of thiophene rings is 1. The molecule has 1 saturated carbocycles. The number of aromatic nitrogens is 2. The van der Waals surface area contributed by atoms with Gasteiger partial charge in [0.05, 0.1) is 5.69 Å². The van der Waals surface area contributed by atoms with Crippen LogP contribution in [0.25, 0.3) is 16.8 Å². The lowest BCUT2D eigenvalue weighted by atomic mass is 10.2. The molecule has 126 valence electrons. The van der Waals surface area contributed by atoms with E-state index in [4.69, 9.17) is 16.1 Å². The molecular weight excluding hydrogens is 358 g/mol. The number of hydrogen-bond acceptors (Lipinski definition) is 5. The molecule has 1 N–H and O–H groups in total. The Hall–Kier alpha value is -2.44. The van der Waals surface area contributed by atoms with Crippen LogP contribution in [0, 0.1) is 0 Å². The van der Waals surface area contributed by atoms with Crippen molar-refractivity contribution in [3.05, 3.63) is 58.2 Å². The molecule has 7 heteroatoms. The Morgan fingerprint density at radius 1 is 1.28 bits per heavy atom. The van der Waals surface area contributed by atoms with Crippen molar-refractivity contribution < 1.29 is 9.32 Å². The Labute approximate surface area is 153 Å². The summed E-state index contributed by atoms with van der Waals surface area (Å²) in [7, 11) is 0. The average molecular weight is 372 g/mol. The largest absolute Gasteiger partial charge is 0.333 e. The summed E-state index contributed by atoms with van der Waals surface area (Å²) in [5.41, 5.74) is 1.57. The van der Waals surface area contributed by atoms with Crippen LogP contribution in [0.3, 0.4) is 0 Å². The molecule has 1 amide bonds. The van der Waals surface area contributed by atoms with Crippen molar-refractivity contribution in [2.24, 2.45) is 0 Å². The Morgan fingerprint density at radius 3 is 2.84 bits per heavy atom. The normalized spacial score (nSPS) is 14.1. The molecule has 1 fully saturated rings. The van der Waals surface area contributed by atoms with Crippen LogP contribution in [-0.2, 0) is 4.79 Å². The number of halogens is 1. The van der Waals surface area contributed by atoms with E-state index in [1.807, 2.05) is 23.6 Å². The molecule has 0 aliphatic heterocycles. The number of nitrogens with one attached hydrogen (secondary N) is 1. The van der Waals surface area contributed by atoms with Crippen LogP contribution in [-0.4, -0.2) is 16.0 Å². The van der Waals surface area contributed by atoms with E-state index in [0.29, 0.717) is 22.5 Å². The summed E-state index contributed by atoms with van der Waals surface area (Å²) in [5.74, 6) is 1.41. The maximum absolute atomic E-state index is 12.2. The third kappa shape index (κ3) is 3.81. The van der Waals surface area contributed by atoms with Crippen LogP contribution in [0.15, 0.2) is 46.3 Å². The van der Waals surface area contributed by atoms with Crippen LogP contribution in [0.4, 0.5) is 5.69 Å². The van der Waals surface area contributed by atoms with E-state index in [1.165, 1.54) is 17.4 Å². The van der Waals surface area contributed by atoms with Crippen molar-refractivity contribution >= 4 is 40.6 Å². The van der Waals surface area contributed by atoms with Gasteiger partial charge in [-0.3, -0.25) is 4.79 Å². The third-order valence-electron chi connectivity index (χ3n) is 3.80. The van der Waals surface area contributed by atoms with E-state index in [1.54, 1.807) is 18.2 Å². The van der Waals surface area contributed by atoms with E-state index in [9.17, 15) is 4.79 Å². The minimum absolute atomic E-state index is 0.225. The van der Waals surface area contributed by atoms with Crippen LogP contribution < -0.4 is 5.32 Å². The number of carbonyl (C=O) groups excluding carboxylic acids is 1. The molecule has 0 spiro atoms. The molecule has 0 saturated heterocycles. The highest BCUT2D eigenvalue weighted by Crippen LogP contribution is 2.40. The zero-order valence-electron chi connectivity index (χ0n) is 13.1. The van der Waals surface area contributed by atoms with Gasteiger partial charge in [-0.2, -0.15) is 4.98 Å². The zero-order chi connectivity index (χ0) is 17.2. The Kier molecular flexibility index (Phi) is 4.38. The molecule has 2 aromatic heterocycles. The van der Waals surface area contributed by atoms with Crippen LogP contribution in [0.2, 0.25) is 5.02 Å². The molecule has 0 unspecified atom stereocenters. The summed E-state index contributed by atoms with van der Waals surface area (Å²) in [4.78, 5) is 17.4. The highest BCUT2D eigenvalue weighted by molar-refractivity contribution is 7.14. The minimum atomic E-state index is -0.225. The fraction of sp³-hybridized carbons (Fsp3) is 0.167. The smallest absolute Gasteiger partial charge is 0.270 e. The number of rotatable bonds is 5. The van der Waals surface area contributed by atoms with Gasteiger partial charge >= 0.3 is 0 Å². The van der Waals surface area contributed by atoms with Gasteiger partial charge in [0.1, 0.15) is 4.88 Å². The summed E-state index contributed by atoms with van der Waals surface area (Å²) in [6.45, 7) is 0. The Balaban J connectivity index is 1.46. The lowest BCUT2D eigenvalue weighted by Crippen LogP contribution is -2.07. The first-order valence-corrected chi connectivity index (χ1v) is 9.11. The Bertz CT molecular complexity index is 926. The van der Waals surface area contributed by atoms with Crippen molar-refractivity contribution in [3.8, 4) is 10.8 Å². The van der Waals surface area contributed by atoms with Crippen molar-refractivity contribution in [2.45, 2.75) is 18.8 Å². The molecule has 5 nitrogen and oxygen atoms in total. The van der Waals surface area contributed by atoms with Crippen molar-refractivity contribution in [1.29, 1.82) is 0 Å². The molecule has 25 heavy (non-hydrogen) atoms. The highest BCUT2D eigenvalue weighted by Gasteiger charge is 2.29. The van der Waals surface area contributed by atoms with E-state index in [2.05, 4.69) is 15.5 Å². The molecule has 4 rings (SSSR count). The van der Waals surface area contributed by atoms with E-state index in [-0.39, 0.29) is 5.91 Å². The van der Waals surface area contributed by atoms with Gasteiger partial charge in [0, 0.05) is 17.0 Å². The fourth-order valence-electron chi connectivity index (χ4n) is 2.33. The lowest BCUT2D eigenvalue weighted by Gasteiger charge is -2.01. The maximum atomic E-state index is 12.2. The van der Waals surface area contributed by atoms with E-state index in [0.717, 1.165) is 29.1 Å². The number of nitrogens with zero attached hydrogens (tertiary/aromatic N) is 2. The monoisotopic (exact) mass is 371 g/mol. The first-order valence-electron chi connectivity index (χ1n) is 7.85. The van der Waals surface area contributed by atoms with Crippen molar-refractivity contribution in [1.82, 2.24) is 10.1 Å². The topological polar surface area (TPSA) is 68.0 Å². The van der Waals surface area contributed by atoms with Crippen LogP contribution in [0.1, 0.15) is 30.1 Å². The number of amides is 1. The number of anilines is 1. The second kappa shape index (κ2) is 6.82. The standard InChI is InChI=1S/C18H14ClN3O2S/c19-13-6-1-11(2-7-13)3-8-15(23)20-14-9-10-25-16(14)18-21-17(22-24-18)12-4-5-12/h1-3,6-10,12H,4-5H2,(H,20,23)/b8-3+. The third-order valence-corrected chi connectivity index (χ3v) is 4.95. The van der Waals surface area contributed by atoms with Crippen molar-refractivity contribution in [2.75, 3.05) is 5.32 Å². The van der Waals surface area contributed by atoms with Gasteiger partial charge in [-0.1, -0.05) is 28.9 Å². The quantitative estimate of drug-likeness (QED) is 0.642. The molecule has 1 aliphatic rings. The second-order valence-corrected chi connectivity index (χ2v) is 7.12. The molecule has 0 atom stereocenters. The number of benzene rings is 1. The number of hydrogen-bond donors (Lipinski definition) is 1. The lowest BCUT2D eigenvalue weighted by molar-refractivity contribution is -0.111. The predicted octanol–water partition coefficient (Wildman–Crippen LogP) is 4.98. The zero-order valence-corrected chi connectivity index (χ0v) is 14.7. The van der Waals surface area contributed by atoms with Gasteiger partial charge in [0.15, 0.2) is 5.82 Å². The molecule has 1 aliphatic carbocycles. The first-order chi connectivity index (χ1) is 12.2. The summed E-state index contributed by atoms with van der Waals surface area (Å²) in [6.07, 6.45) is 5.44. The van der Waals surface area contributed by atoms with Gasteiger partial charge in [0.2, 0.25) is 5.91 Å². The summed E-state index contributed by atoms with van der Waals surface area (Å²) in [6, 6.07) is 9.08. The van der Waals surface area contributed by atoms with Gasteiger partial charge in [0.25, 0.3) is 5.89 Å². The molecule has 0 bridgehead atoms. The maximum Gasteiger partial charge on any atom is 0.270 e. The summed E-state index contributed by atoms with van der Waals surface area (Å²) >= 11 is 7.30. The van der Waals surface area contributed by atoms with Gasteiger partial charge < -0.3 is 9.84 Å². The van der Waals surface area contributed by atoms with Crippen LogP contribution >= 0.6 is 22.9 Å². The fourth-order valence-corrected chi connectivity index (χ4v) is 3.22. The summed E-state index contributed by atoms with van der Waals surface area (Å²) < 4.78 is 5.34. The summed E-state index contributed by atoms with van der Waals surface area (Å²) in [5, 5.41) is 9.42. The SMILES string of the molecule is O=C(/C=C/c1ccc(Cl)cc1)Nc1ccsc1-c1nc(C2CC2)no1. The molecule has 2 heterocycles. The van der Waals surface area contributed by atoms with Crippen molar-refractivity contribution in [3.63, 3.8) is 0 Å². The van der Waals surface area contributed by atoms with Gasteiger partial charge in [-0.05, 0) is 48.1 Å². The first kappa shape index (κ1) is 16.1. The average Bonchev–Trinajstić information content (AvgIpc) is 3.16.